The topological polar surface area (TPSA) is 59.1 Å². The molecule has 0 aromatic heterocycles. The number of amides is 2. The molecule has 0 spiro atoms. The highest BCUT2D eigenvalue weighted by atomic mass is 16.5. The first-order valence-corrected chi connectivity index (χ1v) is 8.21. The maximum absolute atomic E-state index is 12.8. The Morgan fingerprint density at radius 2 is 1.75 bits per heavy atom. The molecule has 1 fully saturated rings. The zero-order valence-electron chi connectivity index (χ0n) is 15.0. The lowest BCUT2D eigenvalue weighted by Crippen LogP contribution is -2.57. The lowest BCUT2D eigenvalue weighted by Gasteiger charge is -2.39. The molecule has 0 saturated carbocycles. The lowest BCUT2D eigenvalue weighted by atomic mass is 10.1. The van der Waals surface area contributed by atoms with E-state index in [1.54, 1.807) is 49.1 Å². The summed E-state index contributed by atoms with van der Waals surface area (Å²) >= 11 is 0. The molecule has 24 heavy (non-hydrogen) atoms. The molecule has 2 rings (SSSR count). The number of carbonyl (C=O) groups is 2. The zero-order chi connectivity index (χ0) is 17.9. The summed E-state index contributed by atoms with van der Waals surface area (Å²) in [7, 11) is 3.15. The molecule has 1 heterocycles. The number of piperazine rings is 1. The van der Waals surface area contributed by atoms with E-state index < -0.39 is 6.04 Å². The quantitative estimate of drug-likeness (QED) is 0.829. The highest BCUT2D eigenvalue weighted by Gasteiger charge is 2.35. The van der Waals surface area contributed by atoms with Crippen molar-refractivity contribution in [1.29, 1.82) is 0 Å². The van der Waals surface area contributed by atoms with E-state index in [-0.39, 0.29) is 17.7 Å². The summed E-state index contributed by atoms with van der Waals surface area (Å²) in [6.45, 7) is 6.78. The van der Waals surface area contributed by atoms with Crippen LogP contribution in [0.15, 0.2) is 18.2 Å². The van der Waals surface area contributed by atoms with Crippen molar-refractivity contribution in [3.63, 3.8) is 0 Å². The normalized spacial score (nSPS) is 18.1. The van der Waals surface area contributed by atoms with E-state index >= 15 is 0 Å². The van der Waals surface area contributed by atoms with Gasteiger partial charge in [-0.15, -0.1) is 0 Å². The Bertz CT molecular complexity index is 593. The Balaban J connectivity index is 2.21. The molecular weight excluding hydrogens is 308 g/mol. The molecule has 0 bridgehead atoms. The van der Waals surface area contributed by atoms with E-state index in [4.69, 9.17) is 9.47 Å². The van der Waals surface area contributed by atoms with Crippen LogP contribution in [0.4, 0.5) is 5.69 Å². The molecule has 132 valence electrons. The zero-order valence-corrected chi connectivity index (χ0v) is 15.0. The van der Waals surface area contributed by atoms with Crippen LogP contribution in [0.1, 0.15) is 27.2 Å². The van der Waals surface area contributed by atoms with E-state index in [1.165, 1.54) is 0 Å². The smallest absolute Gasteiger partial charge is 0.249 e. The Morgan fingerprint density at radius 1 is 1.17 bits per heavy atom. The minimum atomic E-state index is -0.470. The Labute approximate surface area is 143 Å². The predicted molar refractivity (Wildman–Crippen MR) is 92.5 cm³/mol. The molecule has 0 aliphatic carbocycles. The predicted octanol–water partition coefficient (Wildman–Crippen LogP) is 2.31. The van der Waals surface area contributed by atoms with Gasteiger partial charge in [-0.05, 0) is 12.8 Å². The van der Waals surface area contributed by atoms with Crippen LogP contribution in [0.3, 0.4) is 0 Å². The Hall–Kier alpha value is -2.24. The number of hydrogen-bond acceptors (Lipinski definition) is 4. The van der Waals surface area contributed by atoms with Gasteiger partial charge in [0, 0.05) is 37.7 Å². The third kappa shape index (κ3) is 3.80. The molecule has 1 saturated heterocycles. The number of rotatable bonds is 5. The summed E-state index contributed by atoms with van der Waals surface area (Å²) < 4.78 is 10.5. The van der Waals surface area contributed by atoms with Crippen LogP contribution >= 0.6 is 0 Å². The number of methoxy groups -OCH3 is 2. The summed E-state index contributed by atoms with van der Waals surface area (Å²) in [5.41, 5.74) is 0.721. The minimum Gasteiger partial charge on any atom is -0.497 e. The number of benzene rings is 1. The molecule has 0 N–H and O–H groups in total. The van der Waals surface area contributed by atoms with E-state index in [0.29, 0.717) is 31.0 Å². The number of ether oxygens (including phenoxy) is 2. The number of carbonyl (C=O) groups excluding carboxylic acids is 2. The van der Waals surface area contributed by atoms with Gasteiger partial charge in [0.1, 0.15) is 17.5 Å². The van der Waals surface area contributed by atoms with Gasteiger partial charge in [0.15, 0.2) is 0 Å². The van der Waals surface area contributed by atoms with E-state index in [1.807, 2.05) is 13.8 Å². The van der Waals surface area contributed by atoms with Crippen molar-refractivity contribution < 1.29 is 19.1 Å². The third-order valence-electron chi connectivity index (χ3n) is 4.21. The molecule has 1 aromatic carbocycles. The van der Waals surface area contributed by atoms with Crippen molar-refractivity contribution in [2.75, 3.05) is 32.2 Å². The van der Waals surface area contributed by atoms with Crippen LogP contribution in [0, 0.1) is 5.92 Å². The molecule has 1 aliphatic heterocycles. The summed E-state index contributed by atoms with van der Waals surface area (Å²) in [6, 6.07) is 4.90. The minimum absolute atomic E-state index is 0.0359. The lowest BCUT2D eigenvalue weighted by molar-refractivity contribution is -0.141. The standard InChI is InChI=1S/C18H26N2O4/c1-12(2)8-17(21)19-6-7-20(18(22)13(19)3)14-9-15(23-4)11-16(10-14)24-5/h9-13H,6-8H2,1-5H3/t13-/m1/s1. The van der Waals surface area contributed by atoms with Crippen molar-refractivity contribution in [2.45, 2.75) is 33.2 Å². The van der Waals surface area contributed by atoms with Crippen LogP contribution in [0.2, 0.25) is 0 Å². The van der Waals surface area contributed by atoms with Crippen molar-refractivity contribution in [3.8, 4) is 11.5 Å². The number of anilines is 1. The van der Waals surface area contributed by atoms with Gasteiger partial charge in [0.05, 0.1) is 19.9 Å². The Morgan fingerprint density at radius 3 is 2.25 bits per heavy atom. The van der Waals surface area contributed by atoms with Crippen LogP contribution in [-0.2, 0) is 9.59 Å². The summed E-state index contributed by atoms with van der Waals surface area (Å²) in [4.78, 5) is 28.5. The fourth-order valence-electron chi connectivity index (χ4n) is 2.88. The first-order chi connectivity index (χ1) is 11.4. The second-order valence-electron chi connectivity index (χ2n) is 6.42. The first-order valence-electron chi connectivity index (χ1n) is 8.21. The number of hydrogen-bond donors (Lipinski definition) is 0. The third-order valence-corrected chi connectivity index (χ3v) is 4.21. The van der Waals surface area contributed by atoms with Crippen LogP contribution < -0.4 is 14.4 Å². The monoisotopic (exact) mass is 334 g/mol. The molecule has 1 aromatic rings. The molecule has 2 amide bonds. The first kappa shape index (κ1) is 18.1. The molecule has 0 radical (unpaired) electrons. The largest absolute Gasteiger partial charge is 0.497 e. The van der Waals surface area contributed by atoms with Crippen LogP contribution in [0.5, 0.6) is 11.5 Å². The van der Waals surface area contributed by atoms with Crippen molar-refractivity contribution >= 4 is 17.5 Å². The Kier molecular flexibility index (Phi) is 5.70. The van der Waals surface area contributed by atoms with Crippen LogP contribution in [-0.4, -0.2) is 50.1 Å². The second-order valence-corrected chi connectivity index (χ2v) is 6.42. The van der Waals surface area contributed by atoms with E-state index in [0.717, 1.165) is 5.69 Å². The molecular formula is C18H26N2O4. The molecule has 6 nitrogen and oxygen atoms in total. The van der Waals surface area contributed by atoms with Gasteiger partial charge in [0.25, 0.3) is 0 Å². The highest BCUT2D eigenvalue weighted by Crippen LogP contribution is 2.30. The van der Waals surface area contributed by atoms with Crippen molar-refractivity contribution in [2.24, 2.45) is 5.92 Å². The van der Waals surface area contributed by atoms with Crippen molar-refractivity contribution in [3.05, 3.63) is 18.2 Å². The van der Waals surface area contributed by atoms with Gasteiger partial charge in [-0.1, -0.05) is 13.8 Å². The van der Waals surface area contributed by atoms with Crippen LogP contribution in [0.25, 0.3) is 0 Å². The molecule has 0 unspecified atom stereocenters. The highest BCUT2D eigenvalue weighted by molar-refractivity contribution is 6.00. The fraction of sp³-hybridized carbons (Fsp3) is 0.556. The maximum atomic E-state index is 12.8. The summed E-state index contributed by atoms with van der Waals surface area (Å²) in [5.74, 6) is 1.48. The summed E-state index contributed by atoms with van der Waals surface area (Å²) in [5, 5.41) is 0. The van der Waals surface area contributed by atoms with Gasteiger partial charge in [-0.2, -0.15) is 0 Å². The van der Waals surface area contributed by atoms with Gasteiger partial charge < -0.3 is 19.3 Å². The van der Waals surface area contributed by atoms with Gasteiger partial charge in [-0.25, -0.2) is 0 Å². The van der Waals surface area contributed by atoms with E-state index in [2.05, 4.69) is 0 Å². The maximum Gasteiger partial charge on any atom is 0.249 e. The number of nitrogens with zero attached hydrogens (tertiary/aromatic N) is 2. The fourth-order valence-corrected chi connectivity index (χ4v) is 2.88. The SMILES string of the molecule is COc1cc(OC)cc(N2CCN(C(=O)CC(C)C)[C@H](C)C2=O)c1. The van der Waals surface area contributed by atoms with Gasteiger partial charge >= 0.3 is 0 Å². The molecule has 6 heteroatoms. The average molecular weight is 334 g/mol. The van der Waals surface area contributed by atoms with Gasteiger partial charge in [0.2, 0.25) is 11.8 Å². The van der Waals surface area contributed by atoms with E-state index in [9.17, 15) is 9.59 Å². The second kappa shape index (κ2) is 7.55. The van der Waals surface area contributed by atoms with Gasteiger partial charge in [-0.3, -0.25) is 9.59 Å². The average Bonchev–Trinajstić information content (AvgIpc) is 2.55. The summed E-state index contributed by atoms with van der Waals surface area (Å²) in [6.07, 6.45) is 0.463. The molecule has 1 aliphatic rings. The molecule has 1 atom stereocenters. The van der Waals surface area contributed by atoms with Crippen molar-refractivity contribution in [1.82, 2.24) is 4.90 Å².